The molecule has 2 heterocycles. The minimum atomic E-state index is -0.481. The molecule has 0 saturated carbocycles. The molecule has 0 fully saturated rings. The number of unbranched alkanes of at least 4 members (excludes halogenated alkanes) is 1. The monoisotopic (exact) mass is 336 g/mol. The van der Waals surface area contributed by atoms with Crippen LogP contribution in [0.15, 0.2) is 12.3 Å². The molecule has 0 spiro atoms. The molecule has 1 unspecified atom stereocenters. The smallest absolute Gasteiger partial charge is 0.222 e. The number of halogens is 1. The van der Waals surface area contributed by atoms with Gasteiger partial charge < -0.3 is 16.8 Å². The lowest BCUT2D eigenvalue weighted by atomic mass is 10.0. The van der Waals surface area contributed by atoms with Gasteiger partial charge in [-0.15, -0.1) is 0 Å². The quantitative estimate of drug-likeness (QED) is 0.770. The average Bonchev–Trinajstić information content (AvgIpc) is 2.50. The predicted molar refractivity (Wildman–Crippen MR) is 93.5 cm³/mol. The van der Waals surface area contributed by atoms with E-state index < -0.39 is 5.82 Å². The molecule has 0 saturated heterocycles. The number of rotatable bonds is 5. The Labute approximate surface area is 141 Å². The Morgan fingerprint density at radius 3 is 2.71 bits per heavy atom. The molecule has 132 valence electrons. The molecular formula is C16H25FN6O. The van der Waals surface area contributed by atoms with E-state index in [4.69, 9.17) is 11.5 Å². The van der Waals surface area contributed by atoms with Crippen molar-refractivity contribution in [2.45, 2.75) is 40.0 Å². The second-order valence-electron chi connectivity index (χ2n) is 5.67. The SMILES string of the molecule is CCCCC(C)CNC(C)=O.Nc1nc(N)c2ncc(F)cc2n1. The highest BCUT2D eigenvalue weighted by molar-refractivity contribution is 5.84. The van der Waals surface area contributed by atoms with E-state index in [-0.39, 0.29) is 17.7 Å². The maximum absolute atomic E-state index is 12.7. The molecule has 0 bridgehead atoms. The fourth-order valence-corrected chi connectivity index (χ4v) is 2.01. The second-order valence-corrected chi connectivity index (χ2v) is 5.67. The number of nitrogens with two attached hydrogens (primary N) is 2. The molecule has 1 atom stereocenters. The van der Waals surface area contributed by atoms with E-state index in [0.29, 0.717) is 17.0 Å². The Kier molecular flexibility index (Phi) is 7.81. The number of hydrogen-bond acceptors (Lipinski definition) is 6. The van der Waals surface area contributed by atoms with Crippen LogP contribution in [0.4, 0.5) is 16.2 Å². The summed E-state index contributed by atoms with van der Waals surface area (Å²) in [4.78, 5) is 21.7. The molecule has 0 aromatic carbocycles. The lowest BCUT2D eigenvalue weighted by Gasteiger charge is -2.10. The third-order valence-corrected chi connectivity index (χ3v) is 3.30. The topological polar surface area (TPSA) is 120 Å². The van der Waals surface area contributed by atoms with Crippen molar-refractivity contribution in [3.05, 3.63) is 18.1 Å². The van der Waals surface area contributed by atoms with E-state index in [1.165, 1.54) is 25.3 Å². The van der Waals surface area contributed by atoms with Crippen LogP contribution < -0.4 is 16.8 Å². The van der Waals surface area contributed by atoms with Crippen molar-refractivity contribution in [2.75, 3.05) is 18.0 Å². The summed E-state index contributed by atoms with van der Waals surface area (Å²) in [6, 6.07) is 1.21. The fraction of sp³-hybridized carbons (Fsp3) is 0.500. The van der Waals surface area contributed by atoms with Crippen LogP contribution in [-0.4, -0.2) is 27.4 Å². The van der Waals surface area contributed by atoms with Gasteiger partial charge in [-0.1, -0.05) is 26.7 Å². The van der Waals surface area contributed by atoms with Gasteiger partial charge >= 0.3 is 0 Å². The van der Waals surface area contributed by atoms with Gasteiger partial charge in [0.15, 0.2) is 5.82 Å². The second kappa shape index (κ2) is 9.59. The van der Waals surface area contributed by atoms with Gasteiger partial charge in [0, 0.05) is 19.5 Å². The van der Waals surface area contributed by atoms with Crippen LogP contribution in [0.3, 0.4) is 0 Å². The highest BCUT2D eigenvalue weighted by atomic mass is 19.1. The number of nitrogens with one attached hydrogen (secondary N) is 1. The summed E-state index contributed by atoms with van der Waals surface area (Å²) in [6.45, 7) is 6.75. The van der Waals surface area contributed by atoms with Crippen molar-refractivity contribution in [2.24, 2.45) is 5.92 Å². The summed E-state index contributed by atoms with van der Waals surface area (Å²) in [5.74, 6) is 0.386. The van der Waals surface area contributed by atoms with Crippen molar-refractivity contribution in [1.82, 2.24) is 20.3 Å². The molecule has 8 heteroatoms. The van der Waals surface area contributed by atoms with Gasteiger partial charge in [-0.05, 0) is 12.3 Å². The highest BCUT2D eigenvalue weighted by Gasteiger charge is 2.05. The fourth-order valence-electron chi connectivity index (χ4n) is 2.01. The molecule has 2 rings (SSSR count). The average molecular weight is 336 g/mol. The molecule has 2 aromatic rings. The summed E-state index contributed by atoms with van der Waals surface area (Å²) in [7, 11) is 0. The van der Waals surface area contributed by atoms with Gasteiger partial charge in [-0.2, -0.15) is 4.98 Å². The maximum atomic E-state index is 12.7. The van der Waals surface area contributed by atoms with E-state index in [1.807, 2.05) is 0 Å². The zero-order valence-corrected chi connectivity index (χ0v) is 14.3. The van der Waals surface area contributed by atoms with Crippen LogP contribution in [-0.2, 0) is 4.79 Å². The first-order valence-corrected chi connectivity index (χ1v) is 7.92. The van der Waals surface area contributed by atoms with E-state index in [1.54, 1.807) is 6.92 Å². The van der Waals surface area contributed by atoms with Gasteiger partial charge in [-0.25, -0.2) is 14.4 Å². The third kappa shape index (κ3) is 6.72. The van der Waals surface area contributed by atoms with Crippen LogP contribution in [0.2, 0.25) is 0 Å². The highest BCUT2D eigenvalue weighted by Crippen LogP contribution is 2.16. The van der Waals surface area contributed by atoms with Crippen molar-refractivity contribution in [1.29, 1.82) is 0 Å². The van der Waals surface area contributed by atoms with Crippen LogP contribution in [0.25, 0.3) is 11.0 Å². The third-order valence-electron chi connectivity index (χ3n) is 3.30. The van der Waals surface area contributed by atoms with Crippen molar-refractivity contribution in [3.63, 3.8) is 0 Å². The first-order valence-electron chi connectivity index (χ1n) is 7.92. The number of fused-ring (bicyclic) bond motifs is 1. The van der Waals surface area contributed by atoms with Crippen molar-refractivity contribution < 1.29 is 9.18 Å². The first-order chi connectivity index (χ1) is 11.3. The lowest BCUT2D eigenvalue weighted by molar-refractivity contribution is -0.119. The Hall–Kier alpha value is -2.51. The van der Waals surface area contributed by atoms with Gasteiger partial charge in [0.05, 0.1) is 11.7 Å². The molecule has 0 aliphatic heterocycles. The molecule has 0 radical (unpaired) electrons. The number of pyridine rings is 1. The summed E-state index contributed by atoms with van der Waals surface area (Å²) < 4.78 is 12.7. The van der Waals surface area contributed by atoms with Crippen LogP contribution in [0.1, 0.15) is 40.0 Å². The summed E-state index contributed by atoms with van der Waals surface area (Å²) in [5.41, 5.74) is 11.5. The normalized spacial score (nSPS) is 11.5. The molecular weight excluding hydrogens is 311 g/mol. The zero-order chi connectivity index (χ0) is 18.1. The van der Waals surface area contributed by atoms with E-state index in [2.05, 4.69) is 34.1 Å². The molecule has 1 amide bonds. The lowest BCUT2D eigenvalue weighted by Crippen LogP contribution is -2.25. The Morgan fingerprint density at radius 2 is 2.08 bits per heavy atom. The Bertz CT molecular complexity index is 674. The standard InChI is InChI=1S/C9H19NO.C7H6FN5/c1-4-5-6-8(2)7-10-9(3)11;8-3-1-4-5(11-2-3)6(9)13-7(10)12-4/h8H,4-7H2,1-3H3,(H,10,11);1-2H,(H4,9,10,12,13). The maximum Gasteiger partial charge on any atom is 0.222 e. The number of hydrogen-bond donors (Lipinski definition) is 3. The van der Waals surface area contributed by atoms with E-state index >= 15 is 0 Å². The number of amides is 1. The molecule has 0 aliphatic rings. The van der Waals surface area contributed by atoms with Crippen LogP contribution in [0.5, 0.6) is 0 Å². The predicted octanol–water partition coefficient (Wildman–Crippen LogP) is 2.28. The molecule has 0 aliphatic carbocycles. The van der Waals surface area contributed by atoms with Crippen molar-refractivity contribution in [3.8, 4) is 0 Å². The van der Waals surface area contributed by atoms with Gasteiger partial charge in [0.1, 0.15) is 11.3 Å². The summed E-state index contributed by atoms with van der Waals surface area (Å²) in [5, 5.41) is 2.82. The molecule has 5 N–H and O–H groups in total. The van der Waals surface area contributed by atoms with Crippen molar-refractivity contribution >= 4 is 28.7 Å². The number of anilines is 2. The number of carbonyl (C=O) groups excluding carboxylic acids is 1. The van der Waals surface area contributed by atoms with Gasteiger partial charge in [0.2, 0.25) is 11.9 Å². The Morgan fingerprint density at radius 1 is 1.38 bits per heavy atom. The van der Waals surface area contributed by atoms with Crippen LogP contribution in [0, 0.1) is 11.7 Å². The number of carbonyl (C=O) groups is 1. The minimum absolute atomic E-state index is 0.0115. The molecule has 2 aromatic heterocycles. The Balaban J connectivity index is 0.000000245. The van der Waals surface area contributed by atoms with E-state index in [0.717, 1.165) is 12.7 Å². The van der Waals surface area contributed by atoms with Crippen LogP contribution >= 0.6 is 0 Å². The summed E-state index contributed by atoms with van der Waals surface area (Å²) in [6.07, 6.45) is 4.78. The first kappa shape index (κ1) is 19.5. The van der Waals surface area contributed by atoms with Gasteiger partial charge in [0.25, 0.3) is 0 Å². The summed E-state index contributed by atoms with van der Waals surface area (Å²) >= 11 is 0. The number of aromatic nitrogens is 3. The number of nitrogens with zero attached hydrogens (tertiary/aromatic N) is 3. The molecule has 7 nitrogen and oxygen atoms in total. The molecule has 24 heavy (non-hydrogen) atoms. The zero-order valence-electron chi connectivity index (χ0n) is 14.3. The van der Waals surface area contributed by atoms with Gasteiger partial charge in [-0.3, -0.25) is 4.79 Å². The largest absolute Gasteiger partial charge is 0.382 e. The minimum Gasteiger partial charge on any atom is -0.382 e. The van der Waals surface area contributed by atoms with E-state index in [9.17, 15) is 9.18 Å². The number of nitrogen functional groups attached to an aromatic ring is 2.